The fourth-order valence-corrected chi connectivity index (χ4v) is 4.46. The summed E-state index contributed by atoms with van der Waals surface area (Å²) in [5.74, 6) is 0.319. The normalized spacial score (nSPS) is 20.2. The highest BCUT2D eigenvalue weighted by atomic mass is 16.5. The lowest BCUT2D eigenvalue weighted by molar-refractivity contribution is -0.139. The van der Waals surface area contributed by atoms with Crippen molar-refractivity contribution in [1.82, 2.24) is 5.32 Å². The predicted octanol–water partition coefficient (Wildman–Crippen LogP) is 4.65. The maximum Gasteiger partial charge on any atom is 0.336 e. The van der Waals surface area contributed by atoms with Crippen LogP contribution in [-0.2, 0) is 14.3 Å². The molecule has 1 aliphatic heterocycles. The molecule has 1 aliphatic carbocycles. The van der Waals surface area contributed by atoms with Gasteiger partial charge >= 0.3 is 5.97 Å². The highest BCUT2D eigenvalue weighted by Crippen LogP contribution is 2.47. The fourth-order valence-electron chi connectivity index (χ4n) is 4.46. The van der Waals surface area contributed by atoms with Gasteiger partial charge in [-0.3, -0.25) is 4.79 Å². The van der Waals surface area contributed by atoms with Gasteiger partial charge in [0, 0.05) is 29.3 Å². The molecule has 2 aliphatic rings. The van der Waals surface area contributed by atoms with E-state index in [2.05, 4.69) is 19.2 Å². The van der Waals surface area contributed by atoms with E-state index in [9.17, 15) is 9.59 Å². The minimum Gasteiger partial charge on any atom is -0.493 e. The Labute approximate surface area is 184 Å². The number of dihydropyridines is 1. The topological polar surface area (TPSA) is 73.9 Å². The first-order valence-electron chi connectivity index (χ1n) is 10.9. The summed E-state index contributed by atoms with van der Waals surface area (Å²) in [6, 6.07) is 5.55. The van der Waals surface area contributed by atoms with Gasteiger partial charge in [-0.2, -0.15) is 0 Å². The van der Waals surface area contributed by atoms with Gasteiger partial charge in [0.25, 0.3) is 0 Å². The van der Waals surface area contributed by atoms with Crippen molar-refractivity contribution in [3.8, 4) is 11.5 Å². The van der Waals surface area contributed by atoms with Crippen LogP contribution in [-0.4, -0.2) is 32.6 Å². The Bertz CT molecular complexity index is 941. The molecule has 1 aromatic carbocycles. The van der Waals surface area contributed by atoms with E-state index in [4.69, 9.17) is 14.2 Å². The molecule has 0 aromatic heterocycles. The van der Waals surface area contributed by atoms with E-state index < -0.39 is 5.92 Å². The number of hydrogen-bond acceptors (Lipinski definition) is 6. The Morgan fingerprint density at radius 3 is 2.52 bits per heavy atom. The Balaban J connectivity index is 2.13. The van der Waals surface area contributed by atoms with Crippen LogP contribution in [0.1, 0.15) is 64.9 Å². The molecular formula is C25H33NO5. The van der Waals surface area contributed by atoms with Crippen LogP contribution in [0, 0.1) is 5.41 Å². The highest BCUT2D eigenvalue weighted by molar-refractivity contribution is 6.04. The smallest absolute Gasteiger partial charge is 0.336 e. The van der Waals surface area contributed by atoms with Gasteiger partial charge in [0.2, 0.25) is 0 Å². The third-order valence-electron chi connectivity index (χ3n) is 5.93. The van der Waals surface area contributed by atoms with Gasteiger partial charge in [-0.05, 0) is 42.9 Å². The van der Waals surface area contributed by atoms with Gasteiger partial charge in [0.15, 0.2) is 17.3 Å². The average Bonchev–Trinajstić information content (AvgIpc) is 2.71. The zero-order chi connectivity index (χ0) is 22.8. The monoisotopic (exact) mass is 427 g/mol. The number of benzene rings is 1. The molecule has 6 nitrogen and oxygen atoms in total. The Morgan fingerprint density at radius 2 is 1.87 bits per heavy atom. The molecule has 1 aromatic rings. The Morgan fingerprint density at radius 1 is 1.16 bits per heavy atom. The maximum absolute atomic E-state index is 13.3. The summed E-state index contributed by atoms with van der Waals surface area (Å²) in [6.07, 6.45) is 2.92. The zero-order valence-corrected chi connectivity index (χ0v) is 19.4. The first-order chi connectivity index (χ1) is 14.7. The van der Waals surface area contributed by atoms with Crippen molar-refractivity contribution in [1.29, 1.82) is 0 Å². The molecule has 0 fully saturated rings. The summed E-state index contributed by atoms with van der Waals surface area (Å²) < 4.78 is 16.4. The van der Waals surface area contributed by atoms with E-state index in [-0.39, 0.29) is 17.2 Å². The van der Waals surface area contributed by atoms with Crippen molar-refractivity contribution in [2.75, 3.05) is 20.8 Å². The molecular weight excluding hydrogens is 394 g/mol. The number of hydrogen-bond donors (Lipinski definition) is 1. The number of unbranched alkanes of at least 4 members (excludes halogenated alkanes) is 1. The molecule has 168 valence electrons. The van der Waals surface area contributed by atoms with E-state index in [0.717, 1.165) is 36.2 Å². The third-order valence-corrected chi connectivity index (χ3v) is 5.93. The lowest BCUT2D eigenvalue weighted by atomic mass is 9.68. The molecule has 0 saturated carbocycles. The molecule has 0 bridgehead atoms. The van der Waals surface area contributed by atoms with Crippen LogP contribution in [0.15, 0.2) is 40.7 Å². The van der Waals surface area contributed by atoms with E-state index in [1.54, 1.807) is 14.2 Å². The Kier molecular flexibility index (Phi) is 6.77. The van der Waals surface area contributed by atoms with Gasteiger partial charge in [-0.15, -0.1) is 0 Å². The molecule has 0 amide bonds. The minimum absolute atomic E-state index is 0.0601. The summed E-state index contributed by atoms with van der Waals surface area (Å²) in [4.78, 5) is 26.5. The molecule has 0 spiro atoms. The largest absolute Gasteiger partial charge is 0.493 e. The van der Waals surface area contributed by atoms with Gasteiger partial charge in [0.05, 0.1) is 26.4 Å². The molecule has 1 unspecified atom stereocenters. The third kappa shape index (κ3) is 4.63. The number of ether oxygens (including phenoxy) is 3. The molecule has 0 saturated heterocycles. The maximum atomic E-state index is 13.3. The zero-order valence-electron chi connectivity index (χ0n) is 19.4. The van der Waals surface area contributed by atoms with Crippen LogP contribution in [0.25, 0.3) is 0 Å². The van der Waals surface area contributed by atoms with Crippen molar-refractivity contribution < 1.29 is 23.8 Å². The second-order valence-corrected chi connectivity index (χ2v) is 9.03. The predicted molar refractivity (Wildman–Crippen MR) is 119 cm³/mol. The number of carbonyl (C=O) groups is 2. The van der Waals surface area contributed by atoms with Crippen molar-refractivity contribution in [3.63, 3.8) is 0 Å². The van der Waals surface area contributed by atoms with Gasteiger partial charge in [-0.1, -0.05) is 33.3 Å². The number of rotatable bonds is 7. The molecule has 0 radical (unpaired) electrons. The van der Waals surface area contributed by atoms with E-state index >= 15 is 0 Å². The lowest BCUT2D eigenvalue weighted by Crippen LogP contribution is -2.38. The molecule has 1 N–H and O–H groups in total. The number of ketones is 1. The van der Waals surface area contributed by atoms with Crippen LogP contribution in [0.5, 0.6) is 11.5 Å². The minimum atomic E-state index is -0.506. The second kappa shape index (κ2) is 9.16. The summed E-state index contributed by atoms with van der Waals surface area (Å²) in [5, 5.41) is 3.36. The number of Topliss-reactive ketones (excluding diaryl/α,β-unsaturated/α-hetero) is 1. The first-order valence-corrected chi connectivity index (χ1v) is 10.9. The second-order valence-electron chi connectivity index (χ2n) is 9.03. The summed E-state index contributed by atoms with van der Waals surface area (Å²) in [6.45, 7) is 8.47. The number of nitrogens with one attached hydrogen (secondary N) is 1. The van der Waals surface area contributed by atoms with Crippen LogP contribution in [0.3, 0.4) is 0 Å². The molecule has 3 rings (SSSR count). The standard InChI is InChI=1S/C25H33NO5/c1-7-8-11-31-24(28)21-15(2)26-17-13-25(3,4)14-18(27)23(17)22(21)16-9-10-19(29-5)20(12-16)30-6/h9-10,12,22,26H,7-8,11,13-14H2,1-6H3. The number of allylic oxidation sites excluding steroid dienone is 3. The van der Waals surface area contributed by atoms with E-state index in [1.165, 1.54) is 0 Å². The first kappa shape index (κ1) is 22.9. The van der Waals surface area contributed by atoms with Crippen molar-refractivity contribution in [2.24, 2.45) is 5.41 Å². The van der Waals surface area contributed by atoms with E-state index in [0.29, 0.717) is 35.7 Å². The molecule has 6 heteroatoms. The van der Waals surface area contributed by atoms with Gasteiger partial charge in [0.1, 0.15) is 0 Å². The van der Waals surface area contributed by atoms with Crippen molar-refractivity contribution in [3.05, 3.63) is 46.3 Å². The quantitative estimate of drug-likeness (QED) is 0.504. The van der Waals surface area contributed by atoms with Crippen LogP contribution < -0.4 is 14.8 Å². The van der Waals surface area contributed by atoms with Crippen LogP contribution >= 0.6 is 0 Å². The Hall–Kier alpha value is -2.76. The summed E-state index contributed by atoms with van der Waals surface area (Å²) >= 11 is 0. The highest BCUT2D eigenvalue weighted by Gasteiger charge is 2.43. The molecule has 1 heterocycles. The molecule has 31 heavy (non-hydrogen) atoms. The van der Waals surface area contributed by atoms with Crippen LogP contribution in [0.4, 0.5) is 0 Å². The SMILES string of the molecule is CCCCOC(=O)C1=C(C)NC2=C(C(=O)CC(C)(C)C2)C1c1ccc(OC)c(OC)c1. The summed E-state index contributed by atoms with van der Waals surface area (Å²) in [7, 11) is 3.15. The fraction of sp³-hybridized carbons (Fsp3) is 0.520. The van der Waals surface area contributed by atoms with Crippen LogP contribution in [0.2, 0.25) is 0 Å². The van der Waals surface area contributed by atoms with Gasteiger partial charge in [-0.25, -0.2) is 4.79 Å². The van der Waals surface area contributed by atoms with Gasteiger partial charge < -0.3 is 19.5 Å². The van der Waals surface area contributed by atoms with E-state index in [1.807, 2.05) is 32.0 Å². The summed E-state index contributed by atoms with van der Waals surface area (Å²) in [5.41, 5.74) is 3.43. The average molecular weight is 428 g/mol. The molecule has 1 atom stereocenters. The number of methoxy groups -OCH3 is 2. The number of esters is 1. The van der Waals surface area contributed by atoms with Crippen molar-refractivity contribution in [2.45, 2.75) is 59.3 Å². The number of carbonyl (C=O) groups excluding carboxylic acids is 2. The van der Waals surface area contributed by atoms with Crippen molar-refractivity contribution >= 4 is 11.8 Å². The lowest BCUT2D eigenvalue weighted by Gasteiger charge is -2.39.